The van der Waals surface area contributed by atoms with Gasteiger partial charge in [-0.1, -0.05) is 18.6 Å². The maximum absolute atomic E-state index is 5.54. The molecule has 1 N–H and O–H groups in total. The van der Waals surface area contributed by atoms with Crippen molar-refractivity contribution < 1.29 is 4.42 Å². The van der Waals surface area contributed by atoms with Gasteiger partial charge < -0.3 is 9.73 Å². The first kappa shape index (κ1) is 12.4. The van der Waals surface area contributed by atoms with E-state index in [4.69, 9.17) is 4.42 Å². The molecule has 1 heterocycles. The van der Waals surface area contributed by atoms with Gasteiger partial charge in [-0.2, -0.15) is 0 Å². The lowest BCUT2D eigenvalue weighted by Gasteiger charge is -2.20. The van der Waals surface area contributed by atoms with Crippen LogP contribution in [0.2, 0.25) is 0 Å². The van der Waals surface area contributed by atoms with Crippen LogP contribution >= 0.6 is 0 Å². The van der Waals surface area contributed by atoms with Gasteiger partial charge in [0.25, 0.3) is 0 Å². The van der Waals surface area contributed by atoms with Gasteiger partial charge >= 0.3 is 0 Å². The molecule has 1 aliphatic carbocycles. The molecule has 2 heteroatoms. The quantitative estimate of drug-likeness (QED) is 0.744. The molecule has 94 valence electrons. The minimum Gasteiger partial charge on any atom is -0.468 e. The zero-order valence-corrected chi connectivity index (χ0v) is 10.7. The molecule has 0 spiro atoms. The number of furan rings is 1. The molecule has 1 atom stereocenters. The van der Waals surface area contributed by atoms with E-state index in [0.717, 1.165) is 25.1 Å². The fraction of sp³-hybridized carbons (Fsp3) is 0.600. The summed E-state index contributed by atoms with van der Waals surface area (Å²) in [6.45, 7) is 3.25. The predicted molar refractivity (Wildman–Crippen MR) is 70.9 cm³/mol. The fourth-order valence-corrected chi connectivity index (χ4v) is 2.43. The lowest BCUT2D eigenvalue weighted by molar-refractivity contribution is 0.405. The summed E-state index contributed by atoms with van der Waals surface area (Å²) in [6.07, 6.45) is 11.7. The van der Waals surface area contributed by atoms with Crippen LogP contribution in [0.15, 0.2) is 34.5 Å². The van der Waals surface area contributed by atoms with Crippen LogP contribution in [0.1, 0.15) is 57.3 Å². The summed E-state index contributed by atoms with van der Waals surface area (Å²) in [4.78, 5) is 0. The van der Waals surface area contributed by atoms with Crippen molar-refractivity contribution in [1.82, 2.24) is 5.32 Å². The minimum atomic E-state index is 0.356. The molecule has 0 fully saturated rings. The molecule has 2 rings (SSSR count). The van der Waals surface area contributed by atoms with Gasteiger partial charge in [0, 0.05) is 0 Å². The third-order valence-electron chi connectivity index (χ3n) is 3.38. The zero-order chi connectivity index (χ0) is 11.9. The molecule has 1 aromatic rings. The van der Waals surface area contributed by atoms with Gasteiger partial charge in [-0.05, 0) is 57.2 Å². The van der Waals surface area contributed by atoms with Crippen LogP contribution in [0.25, 0.3) is 0 Å². The SMILES string of the molecule is CCCNC(CC1=CCCCC1)c1ccco1. The summed E-state index contributed by atoms with van der Waals surface area (Å²) in [7, 11) is 0. The lowest BCUT2D eigenvalue weighted by atomic mass is 9.93. The first-order valence-corrected chi connectivity index (χ1v) is 6.85. The Morgan fingerprint density at radius 1 is 1.41 bits per heavy atom. The van der Waals surface area contributed by atoms with E-state index >= 15 is 0 Å². The third kappa shape index (κ3) is 3.74. The highest BCUT2D eigenvalue weighted by Crippen LogP contribution is 2.27. The Balaban J connectivity index is 1.97. The third-order valence-corrected chi connectivity index (χ3v) is 3.38. The molecule has 1 aliphatic rings. The summed E-state index contributed by atoms with van der Waals surface area (Å²) in [5, 5.41) is 3.58. The van der Waals surface area contributed by atoms with E-state index in [1.54, 1.807) is 11.8 Å². The van der Waals surface area contributed by atoms with E-state index in [-0.39, 0.29) is 0 Å². The molecule has 0 amide bonds. The molecular weight excluding hydrogens is 210 g/mol. The van der Waals surface area contributed by atoms with Gasteiger partial charge in [-0.3, -0.25) is 0 Å². The van der Waals surface area contributed by atoms with E-state index in [1.165, 1.54) is 25.7 Å². The lowest BCUT2D eigenvalue weighted by Crippen LogP contribution is -2.22. The maximum atomic E-state index is 5.54. The molecule has 2 nitrogen and oxygen atoms in total. The molecule has 0 radical (unpaired) electrons. The second kappa shape index (κ2) is 6.65. The van der Waals surface area contributed by atoms with Crippen LogP contribution in [-0.4, -0.2) is 6.54 Å². The van der Waals surface area contributed by atoms with Crippen LogP contribution < -0.4 is 5.32 Å². The van der Waals surface area contributed by atoms with Crippen LogP contribution in [-0.2, 0) is 0 Å². The summed E-state index contributed by atoms with van der Waals surface area (Å²) in [5.41, 5.74) is 1.60. The summed E-state index contributed by atoms with van der Waals surface area (Å²) in [6, 6.07) is 4.41. The van der Waals surface area contributed by atoms with E-state index in [2.05, 4.69) is 24.4 Å². The molecule has 0 aliphatic heterocycles. The minimum absolute atomic E-state index is 0.356. The van der Waals surface area contributed by atoms with E-state index in [1.807, 2.05) is 6.07 Å². The molecule has 0 saturated heterocycles. The monoisotopic (exact) mass is 233 g/mol. The highest BCUT2D eigenvalue weighted by molar-refractivity contribution is 5.13. The van der Waals surface area contributed by atoms with Crippen molar-refractivity contribution in [3.63, 3.8) is 0 Å². The second-order valence-corrected chi connectivity index (χ2v) is 4.83. The van der Waals surface area contributed by atoms with E-state index in [9.17, 15) is 0 Å². The smallest absolute Gasteiger partial charge is 0.120 e. The van der Waals surface area contributed by atoms with Crippen LogP contribution in [0.4, 0.5) is 0 Å². The first-order valence-electron chi connectivity index (χ1n) is 6.85. The Bertz CT molecular complexity index is 340. The topological polar surface area (TPSA) is 25.2 Å². The van der Waals surface area contributed by atoms with Crippen molar-refractivity contribution >= 4 is 0 Å². The molecule has 0 bridgehead atoms. The average Bonchev–Trinajstić information content (AvgIpc) is 2.89. The van der Waals surface area contributed by atoms with Crippen molar-refractivity contribution in [2.75, 3.05) is 6.54 Å². The molecule has 0 saturated carbocycles. The van der Waals surface area contributed by atoms with Crippen molar-refractivity contribution in [3.8, 4) is 0 Å². The van der Waals surface area contributed by atoms with E-state index < -0.39 is 0 Å². The molecule has 17 heavy (non-hydrogen) atoms. The summed E-state index contributed by atoms with van der Waals surface area (Å²) < 4.78 is 5.54. The molecule has 0 aromatic carbocycles. The molecular formula is C15H23NO. The highest BCUT2D eigenvalue weighted by atomic mass is 16.3. The van der Waals surface area contributed by atoms with Crippen molar-refractivity contribution in [3.05, 3.63) is 35.8 Å². The Morgan fingerprint density at radius 2 is 2.35 bits per heavy atom. The maximum Gasteiger partial charge on any atom is 0.120 e. The van der Waals surface area contributed by atoms with Gasteiger partial charge in [0.15, 0.2) is 0 Å². The van der Waals surface area contributed by atoms with Crippen molar-refractivity contribution in [2.24, 2.45) is 0 Å². The van der Waals surface area contributed by atoms with Crippen LogP contribution in [0, 0.1) is 0 Å². The van der Waals surface area contributed by atoms with Crippen molar-refractivity contribution in [2.45, 2.75) is 51.5 Å². The number of nitrogens with one attached hydrogen (secondary N) is 1. The van der Waals surface area contributed by atoms with Gasteiger partial charge in [0.2, 0.25) is 0 Å². The van der Waals surface area contributed by atoms with Crippen LogP contribution in [0.5, 0.6) is 0 Å². The zero-order valence-electron chi connectivity index (χ0n) is 10.7. The number of hydrogen-bond acceptors (Lipinski definition) is 2. The fourth-order valence-electron chi connectivity index (χ4n) is 2.43. The molecule has 1 unspecified atom stereocenters. The van der Waals surface area contributed by atoms with Gasteiger partial charge in [-0.15, -0.1) is 0 Å². The largest absolute Gasteiger partial charge is 0.468 e. The predicted octanol–water partition coefficient (Wildman–Crippen LogP) is 4.21. The van der Waals surface area contributed by atoms with Crippen LogP contribution in [0.3, 0.4) is 0 Å². The van der Waals surface area contributed by atoms with Gasteiger partial charge in [0.05, 0.1) is 12.3 Å². The van der Waals surface area contributed by atoms with Gasteiger partial charge in [-0.25, -0.2) is 0 Å². The summed E-state index contributed by atoms with van der Waals surface area (Å²) >= 11 is 0. The summed E-state index contributed by atoms with van der Waals surface area (Å²) in [5.74, 6) is 1.07. The van der Waals surface area contributed by atoms with E-state index in [0.29, 0.717) is 6.04 Å². The highest BCUT2D eigenvalue weighted by Gasteiger charge is 2.16. The number of allylic oxidation sites excluding steroid dienone is 1. The Hall–Kier alpha value is -1.02. The number of hydrogen-bond donors (Lipinski definition) is 1. The standard InChI is InChI=1S/C15H23NO/c1-2-10-16-14(15-9-6-11-17-15)12-13-7-4-3-5-8-13/h6-7,9,11,14,16H,2-5,8,10,12H2,1H3. The van der Waals surface area contributed by atoms with Crippen molar-refractivity contribution in [1.29, 1.82) is 0 Å². The molecule has 1 aromatic heterocycles. The number of rotatable bonds is 6. The Morgan fingerprint density at radius 3 is 3.00 bits per heavy atom. The average molecular weight is 233 g/mol. The first-order chi connectivity index (χ1) is 8.40. The second-order valence-electron chi connectivity index (χ2n) is 4.83. The Labute approximate surface area is 104 Å². The normalized spacial score (nSPS) is 17.8. The Kier molecular flexibility index (Phi) is 4.87. The van der Waals surface area contributed by atoms with Gasteiger partial charge in [0.1, 0.15) is 5.76 Å².